The molecule has 3 rings (SSSR count). The Hall–Kier alpha value is -2.18. The van der Waals surface area contributed by atoms with E-state index in [1.165, 1.54) is 12.0 Å². The van der Waals surface area contributed by atoms with E-state index in [1.54, 1.807) is 23.5 Å². The topological polar surface area (TPSA) is 58.6 Å². The number of carbonyl (C=O) groups is 2. The Kier molecular flexibility index (Phi) is 5.83. The van der Waals surface area contributed by atoms with Gasteiger partial charge in [-0.05, 0) is 48.5 Å². The number of rotatable bonds is 6. The molecule has 6 heteroatoms. The van der Waals surface area contributed by atoms with Crippen LogP contribution in [0.3, 0.4) is 0 Å². The molecule has 5 nitrogen and oxygen atoms in total. The summed E-state index contributed by atoms with van der Waals surface area (Å²) in [4.78, 5) is 27.3. The van der Waals surface area contributed by atoms with Crippen molar-refractivity contribution in [3.8, 4) is 0 Å². The fraction of sp³-hybridized carbons (Fsp3) is 0.368. The second kappa shape index (κ2) is 8.27. The number of esters is 1. The van der Waals surface area contributed by atoms with E-state index < -0.39 is 0 Å². The van der Waals surface area contributed by atoms with Gasteiger partial charge < -0.3 is 10.1 Å². The van der Waals surface area contributed by atoms with E-state index in [1.807, 2.05) is 12.1 Å². The zero-order valence-electron chi connectivity index (χ0n) is 14.2. The van der Waals surface area contributed by atoms with Gasteiger partial charge in [-0.25, -0.2) is 4.79 Å². The van der Waals surface area contributed by atoms with Crippen LogP contribution in [0.25, 0.3) is 0 Å². The Morgan fingerprint density at radius 3 is 2.76 bits per heavy atom. The smallest absolute Gasteiger partial charge is 0.337 e. The van der Waals surface area contributed by atoms with E-state index in [4.69, 9.17) is 0 Å². The van der Waals surface area contributed by atoms with Crippen LogP contribution in [0.4, 0.5) is 0 Å². The van der Waals surface area contributed by atoms with Crippen LogP contribution in [0.5, 0.6) is 0 Å². The van der Waals surface area contributed by atoms with Crippen LogP contribution in [0.15, 0.2) is 41.8 Å². The van der Waals surface area contributed by atoms with Crippen LogP contribution in [0.1, 0.15) is 39.7 Å². The third-order valence-corrected chi connectivity index (χ3v) is 5.42. The standard InChI is InChI=1S/C19H22N2O3S/c1-24-19(23)15-8-6-14(7-9-15)12-20-18(22)13-21-10-2-4-16(21)17-5-3-11-25-17/h3,5-9,11,16H,2,4,10,12-13H2,1H3,(H,20,22). The van der Waals surface area contributed by atoms with Gasteiger partial charge in [0.2, 0.25) is 5.91 Å². The molecule has 1 aromatic carbocycles. The summed E-state index contributed by atoms with van der Waals surface area (Å²) < 4.78 is 4.68. The predicted molar refractivity (Wildman–Crippen MR) is 97.5 cm³/mol. The largest absolute Gasteiger partial charge is 0.465 e. The van der Waals surface area contributed by atoms with E-state index in [2.05, 4.69) is 32.5 Å². The molecule has 1 aliphatic heterocycles. The molecule has 1 aliphatic rings. The van der Waals surface area contributed by atoms with Crippen LogP contribution in [-0.4, -0.2) is 37.0 Å². The maximum Gasteiger partial charge on any atom is 0.337 e. The first-order valence-electron chi connectivity index (χ1n) is 8.39. The zero-order chi connectivity index (χ0) is 17.6. The SMILES string of the molecule is COC(=O)c1ccc(CNC(=O)CN2CCCC2c2cccs2)cc1. The molecule has 0 bridgehead atoms. The summed E-state index contributed by atoms with van der Waals surface area (Å²) in [6, 6.07) is 11.7. The van der Waals surface area contributed by atoms with Crippen molar-refractivity contribution in [2.45, 2.75) is 25.4 Å². The van der Waals surface area contributed by atoms with Gasteiger partial charge in [-0.1, -0.05) is 18.2 Å². The second-order valence-electron chi connectivity index (χ2n) is 6.11. The number of thiophene rings is 1. The molecule has 1 aromatic heterocycles. The maximum atomic E-state index is 12.3. The van der Waals surface area contributed by atoms with Crippen molar-refractivity contribution in [1.29, 1.82) is 0 Å². The fourth-order valence-electron chi connectivity index (χ4n) is 3.14. The molecule has 132 valence electrons. The Morgan fingerprint density at radius 1 is 1.28 bits per heavy atom. The number of ether oxygens (including phenoxy) is 1. The minimum atomic E-state index is -0.357. The monoisotopic (exact) mass is 358 g/mol. The summed E-state index contributed by atoms with van der Waals surface area (Å²) in [5.41, 5.74) is 1.46. The average molecular weight is 358 g/mol. The summed E-state index contributed by atoms with van der Waals surface area (Å²) >= 11 is 1.76. The normalized spacial score (nSPS) is 17.4. The number of methoxy groups -OCH3 is 1. The number of nitrogens with one attached hydrogen (secondary N) is 1. The molecule has 1 fully saturated rings. The highest BCUT2D eigenvalue weighted by molar-refractivity contribution is 7.10. The molecule has 0 radical (unpaired) electrons. The Balaban J connectivity index is 1.50. The third-order valence-electron chi connectivity index (χ3n) is 4.45. The Labute approximate surface area is 151 Å². The van der Waals surface area contributed by atoms with Crippen molar-refractivity contribution in [2.24, 2.45) is 0 Å². The lowest BCUT2D eigenvalue weighted by atomic mass is 10.1. The van der Waals surface area contributed by atoms with Gasteiger partial charge in [-0.15, -0.1) is 11.3 Å². The van der Waals surface area contributed by atoms with Gasteiger partial charge in [0.25, 0.3) is 0 Å². The third kappa shape index (κ3) is 4.46. The lowest BCUT2D eigenvalue weighted by Gasteiger charge is -2.22. The Morgan fingerprint density at radius 2 is 2.08 bits per heavy atom. The van der Waals surface area contributed by atoms with Crippen LogP contribution in [0.2, 0.25) is 0 Å². The highest BCUT2D eigenvalue weighted by Crippen LogP contribution is 2.33. The molecular formula is C19H22N2O3S. The summed E-state index contributed by atoms with van der Waals surface area (Å²) in [5.74, 6) is -0.329. The van der Waals surface area contributed by atoms with Gasteiger partial charge in [-0.2, -0.15) is 0 Å². The van der Waals surface area contributed by atoms with Gasteiger partial charge >= 0.3 is 5.97 Å². The van der Waals surface area contributed by atoms with Crippen LogP contribution in [0, 0.1) is 0 Å². The van der Waals surface area contributed by atoms with Gasteiger partial charge in [0.15, 0.2) is 0 Å². The number of carbonyl (C=O) groups excluding carboxylic acids is 2. The van der Waals surface area contributed by atoms with Crippen molar-refractivity contribution in [3.05, 3.63) is 57.8 Å². The van der Waals surface area contributed by atoms with Crippen LogP contribution < -0.4 is 5.32 Å². The number of hydrogen-bond acceptors (Lipinski definition) is 5. The molecule has 2 heterocycles. The summed E-state index contributed by atoms with van der Waals surface area (Å²) in [6.07, 6.45) is 2.24. The summed E-state index contributed by atoms with van der Waals surface area (Å²) in [5, 5.41) is 5.05. The van der Waals surface area contributed by atoms with Crippen LogP contribution in [-0.2, 0) is 16.1 Å². The van der Waals surface area contributed by atoms with Crippen molar-refractivity contribution in [1.82, 2.24) is 10.2 Å². The van der Waals surface area contributed by atoms with Gasteiger partial charge in [0, 0.05) is 17.5 Å². The zero-order valence-corrected chi connectivity index (χ0v) is 15.1. The first-order valence-corrected chi connectivity index (χ1v) is 9.27. The lowest BCUT2D eigenvalue weighted by molar-refractivity contribution is -0.122. The molecule has 0 saturated carbocycles. The molecular weight excluding hydrogens is 336 g/mol. The summed E-state index contributed by atoms with van der Waals surface area (Å²) in [6.45, 7) is 1.84. The molecule has 1 amide bonds. The molecule has 1 N–H and O–H groups in total. The van der Waals surface area contributed by atoms with E-state index in [0.717, 1.165) is 24.9 Å². The first kappa shape index (κ1) is 17.6. The quantitative estimate of drug-likeness (QED) is 0.807. The predicted octanol–water partition coefficient (Wildman–Crippen LogP) is 2.99. The summed E-state index contributed by atoms with van der Waals surface area (Å²) in [7, 11) is 1.36. The second-order valence-corrected chi connectivity index (χ2v) is 7.09. The van der Waals surface area contributed by atoms with Crippen molar-refractivity contribution >= 4 is 23.2 Å². The van der Waals surface area contributed by atoms with Gasteiger partial charge in [-0.3, -0.25) is 9.69 Å². The molecule has 0 spiro atoms. The van der Waals surface area contributed by atoms with E-state index in [0.29, 0.717) is 24.7 Å². The molecule has 2 aromatic rings. The minimum absolute atomic E-state index is 0.0282. The number of nitrogens with zero attached hydrogens (tertiary/aromatic N) is 1. The van der Waals surface area contributed by atoms with Crippen LogP contribution >= 0.6 is 11.3 Å². The number of likely N-dealkylation sites (tertiary alicyclic amines) is 1. The highest BCUT2D eigenvalue weighted by Gasteiger charge is 2.27. The van der Waals surface area contributed by atoms with Crippen molar-refractivity contribution in [3.63, 3.8) is 0 Å². The number of benzene rings is 1. The van der Waals surface area contributed by atoms with E-state index in [-0.39, 0.29) is 11.9 Å². The lowest BCUT2D eigenvalue weighted by Crippen LogP contribution is -2.36. The van der Waals surface area contributed by atoms with Gasteiger partial charge in [0.1, 0.15) is 0 Å². The molecule has 0 aliphatic carbocycles. The van der Waals surface area contributed by atoms with E-state index >= 15 is 0 Å². The van der Waals surface area contributed by atoms with Gasteiger partial charge in [0.05, 0.1) is 19.2 Å². The Bertz CT molecular complexity index is 713. The fourth-order valence-corrected chi connectivity index (χ4v) is 4.03. The molecule has 1 unspecified atom stereocenters. The maximum absolute atomic E-state index is 12.3. The number of amides is 1. The molecule has 1 atom stereocenters. The first-order chi connectivity index (χ1) is 12.2. The van der Waals surface area contributed by atoms with Crippen molar-refractivity contribution in [2.75, 3.05) is 20.2 Å². The number of hydrogen-bond donors (Lipinski definition) is 1. The average Bonchev–Trinajstić information content (AvgIpc) is 3.31. The molecule has 25 heavy (non-hydrogen) atoms. The van der Waals surface area contributed by atoms with E-state index in [9.17, 15) is 9.59 Å². The highest BCUT2D eigenvalue weighted by atomic mass is 32.1. The molecule has 1 saturated heterocycles. The van der Waals surface area contributed by atoms with Crippen molar-refractivity contribution < 1.29 is 14.3 Å². The minimum Gasteiger partial charge on any atom is -0.465 e.